The fraction of sp³-hybridized carbons (Fsp3) is 0.400. The molecular weight excluding hydrogens is 176 g/mol. The second kappa shape index (κ2) is 4.09. The van der Waals surface area contributed by atoms with E-state index in [1.165, 1.54) is 0 Å². The van der Waals surface area contributed by atoms with Crippen molar-refractivity contribution in [3.8, 4) is 0 Å². The Kier molecular flexibility index (Phi) is 3.06. The maximum absolute atomic E-state index is 5.80. The molecule has 1 aromatic rings. The van der Waals surface area contributed by atoms with Gasteiger partial charge in [-0.3, -0.25) is 0 Å². The van der Waals surface area contributed by atoms with Crippen LogP contribution in [0.2, 0.25) is 0 Å². The number of anilines is 1. The van der Waals surface area contributed by atoms with Crippen molar-refractivity contribution < 1.29 is 0 Å². The van der Waals surface area contributed by atoms with E-state index in [0.29, 0.717) is 17.6 Å². The van der Waals surface area contributed by atoms with Crippen LogP contribution in [0.25, 0.3) is 5.82 Å². The Morgan fingerprint density at radius 2 is 2.36 bits per heavy atom. The largest absolute Gasteiger partial charge is 0.384 e. The topological polar surface area (TPSA) is 56.2 Å². The monoisotopic (exact) mass is 192 g/mol. The molecular formula is C10H16N4. The zero-order valence-corrected chi connectivity index (χ0v) is 8.86. The number of aromatic nitrogens is 2. The first kappa shape index (κ1) is 10.5. The van der Waals surface area contributed by atoms with Gasteiger partial charge < -0.3 is 5.73 Å². The standard InChI is InChI=1S/C10H16N4/c1-5-10(12-4)14-9(11)6-8(13-14)7(2)3/h5-7H,4,11H2,1-3H3/b10-5+. The molecule has 1 heterocycles. The van der Waals surface area contributed by atoms with E-state index >= 15 is 0 Å². The van der Waals surface area contributed by atoms with Gasteiger partial charge in [-0.2, -0.15) is 9.78 Å². The maximum atomic E-state index is 5.80. The molecule has 0 aliphatic carbocycles. The van der Waals surface area contributed by atoms with Crippen LogP contribution in [0.3, 0.4) is 0 Å². The molecule has 0 saturated carbocycles. The molecule has 4 nitrogen and oxygen atoms in total. The summed E-state index contributed by atoms with van der Waals surface area (Å²) in [6, 6.07) is 1.86. The van der Waals surface area contributed by atoms with Gasteiger partial charge in [-0.15, -0.1) is 0 Å². The number of nitrogens with zero attached hydrogens (tertiary/aromatic N) is 3. The third-order valence-corrected chi connectivity index (χ3v) is 1.98. The van der Waals surface area contributed by atoms with Gasteiger partial charge in [-0.05, 0) is 25.6 Å². The summed E-state index contributed by atoms with van der Waals surface area (Å²) in [6.45, 7) is 9.49. The highest BCUT2D eigenvalue weighted by molar-refractivity contribution is 5.55. The molecule has 0 fully saturated rings. The van der Waals surface area contributed by atoms with Gasteiger partial charge in [0.15, 0.2) is 5.82 Å². The quantitative estimate of drug-likeness (QED) is 0.746. The summed E-state index contributed by atoms with van der Waals surface area (Å²) in [5, 5.41) is 4.34. The predicted octanol–water partition coefficient (Wildman–Crippen LogP) is 2.11. The summed E-state index contributed by atoms with van der Waals surface area (Å²) < 4.78 is 1.60. The smallest absolute Gasteiger partial charge is 0.150 e. The molecule has 0 bridgehead atoms. The van der Waals surface area contributed by atoms with E-state index in [4.69, 9.17) is 5.73 Å². The lowest BCUT2D eigenvalue weighted by atomic mass is 10.1. The van der Waals surface area contributed by atoms with Crippen LogP contribution in [-0.2, 0) is 0 Å². The number of nitrogens with two attached hydrogens (primary N) is 1. The Bertz CT molecular complexity index is 360. The van der Waals surface area contributed by atoms with Crippen molar-refractivity contribution in [2.45, 2.75) is 26.7 Å². The van der Waals surface area contributed by atoms with E-state index in [9.17, 15) is 0 Å². The van der Waals surface area contributed by atoms with Crippen molar-refractivity contribution in [3.05, 3.63) is 17.8 Å². The highest BCUT2D eigenvalue weighted by Gasteiger charge is 2.09. The van der Waals surface area contributed by atoms with Gasteiger partial charge in [0.1, 0.15) is 5.82 Å². The molecule has 0 aliphatic heterocycles. The first-order valence-corrected chi connectivity index (χ1v) is 4.59. The van der Waals surface area contributed by atoms with Crippen LogP contribution in [0.4, 0.5) is 5.82 Å². The normalized spacial score (nSPS) is 12.1. The molecule has 76 valence electrons. The van der Waals surface area contributed by atoms with Crippen LogP contribution in [0.1, 0.15) is 32.4 Å². The third kappa shape index (κ3) is 1.84. The van der Waals surface area contributed by atoms with Crippen molar-refractivity contribution in [1.82, 2.24) is 9.78 Å². The number of aliphatic imine (C=N–C) groups is 1. The fourth-order valence-corrected chi connectivity index (χ4v) is 1.16. The third-order valence-electron chi connectivity index (χ3n) is 1.98. The van der Waals surface area contributed by atoms with E-state index in [1.807, 2.05) is 19.1 Å². The second-order valence-electron chi connectivity index (χ2n) is 3.37. The average Bonchev–Trinajstić information content (AvgIpc) is 2.51. The fourth-order valence-electron chi connectivity index (χ4n) is 1.16. The van der Waals surface area contributed by atoms with Crippen LogP contribution in [0.5, 0.6) is 0 Å². The van der Waals surface area contributed by atoms with Crippen LogP contribution in [0, 0.1) is 0 Å². The number of hydrogen-bond donors (Lipinski definition) is 1. The Morgan fingerprint density at radius 3 is 2.71 bits per heavy atom. The molecule has 0 spiro atoms. The number of rotatable bonds is 3. The lowest BCUT2D eigenvalue weighted by Crippen LogP contribution is -2.02. The Labute approximate surface area is 84.1 Å². The summed E-state index contributed by atoms with van der Waals surface area (Å²) in [5.74, 6) is 1.62. The minimum Gasteiger partial charge on any atom is -0.384 e. The van der Waals surface area contributed by atoms with E-state index in [-0.39, 0.29) is 0 Å². The van der Waals surface area contributed by atoms with E-state index in [1.54, 1.807) is 4.68 Å². The van der Waals surface area contributed by atoms with Gasteiger partial charge in [0, 0.05) is 6.07 Å². The summed E-state index contributed by atoms with van der Waals surface area (Å²) in [6.07, 6.45) is 1.82. The molecule has 14 heavy (non-hydrogen) atoms. The lowest BCUT2D eigenvalue weighted by molar-refractivity contribution is 0.774. The molecule has 0 radical (unpaired) electrons. The lowest BCUT2D eigenvalue weighted by Gasteiger charge is -2.02. The molecule has 0 saturated heterocycles. The zero-order valence-electron chi connectivity index (χ0n) is 8.86. The van der Waals surface area contributed by atoms with Crippen LogP contribution < -0.4 is 5.73 Å². The summed E-state index contributed by atoms with van der Waals surface area (Å²) in [5.41, 5.74) is 6.77. The molecule has 1 rings (SSSR count). The summed E-state index contributed by atoms with van der Waals surface area (Å²) in [4.78, 5) is 3.84. The number of nitrogen functional groups attached to an aromatic ring is 1. The van der Waals surface area contributed by atoms with Crippen molar-refractivity contribution in [2.75, 3.05) is 5.73 Å². The Hall–Kier alpha value is -1.58. The maximum Gasteiger partial charge on any atom is 0.150 e. The second-order valence-corrected chi connectivity index (χ2v) is 3.37. The van der Waals surface area contributed by atoms with Crippen molar-refractivity contribution in [2.24, 2.45) is 4.99 Å². The molecule has 0 amide bonds. The van der Waals surface area contributed by atoms with Gasteiger partial charge in [0.2, 0.25) is 0 Å². The van der Waals surface area contributed by atoms with Gasteiger partial charge in [-0.25, -0.2) is 4.99 Å². The average molecular weight is 192 g/mol. The molecule has 0 aromatic carbocycles. The highest BCUT2D eigenvalue weighted by atomic mass is 15.4. The SMILES string of the molecule is C=N/C(=C\C)n1nc(C(C)C)cc1N. The van der Waals surface area contributed by atoms with Crippen LogP contribution in [0.15, 0.2) is 17.1 Å². The molecule has 4 heteroatoms. The summed E-state index contributed by atoms with van der Waals surface area (Å²) >= 11 is 0. The predicted molar refractivity (Wildman–Crippen MR) is 60.2 cm³/mol. The zero-order chi connectivity index (χ0) is 10.7. The van der Waals surface area contributed by atoms with Gasteiger partial charge >= 0.3 is 0 Å². The van der Waals surface area contributed by atoms with Crippen molar-refractivity contribution in [3.63, 3.8) is 0 Å². The molecule has 0 atom stereocenters. The molecule has 0 unspecified atom stereocenters. The summed E-state index contributed by atoms with van der Waals surface area (Å²) in [7, 11) is 0. The number of hydrogen-bond acceptors (Lipinski definition) is 3. The van der Waals surface area contributed by atoms with Crippen LogP contribution >= 0.6 is 0 Å². The molecule has 1 aromatic heterocycles. The van der Waals surface area contributed by atoms with E-state index < -0.39 is 0 Å². The van der Waals surface area contributed by atoms with E-state index in [2.05, 4.69) is 30.7 Å². The highest BCUT2D eigenvalue weighted by Crippen LogP contribution is 2.19. The number of allylic oxidation sites excluding steroid dienone is 1. The Morgan fingerprint density at radius 1 is 1.71 bits per heavy atom. The van der Waals surface area contributed by atoms with Crippen LogP contribution in [-0.4, -0.2) is 16.5 Å². The Balaban J connectivity index is 3.16. The van der Waals surface area contributed by atoms with Gasteiger partial charge in [-0.1, -0.05) is 13.8 Å². The van der Waals surface area contributed by atoms with Crippen molar-refractivity contribution in [1.29, 1.82) is 0 Å². The molecule has 0 aliphatic rings. The minimum atomic E-state index is 0.362. The first-order valence-electron chi connectivity index (χ1n) is 4.59. The first-order chi connectivity index (χ1) is 6.60. The van der Waals surface area contributed by atoms with Gasteiger partial charge in [0.05, 0.1) is 5.69 Å². The van der Waals surface area contributed by atoms with Crippen molar-refractivity contribution >= 4 is 18.4 Å². The van der Waals surface area contributed by atoms with Gasteiger partial charge in [0.25, 0.3) is 0 Å². The van der Waals surface area contributed by atoms with E-state index in [0.717, 1.165) is 5.69 Å². The minimum absolute atomic E-state index is 0.362. The molecule has 2 N–H and O–H groups in total.